The van der Waals surface area contributed by atoms with Crippen molar-refractivity contribution in [2.75, 3.05) is 6.54 Å². The Labute approximate surface area is 136 Å². The largest absolute Gasteiger partial charge is 0.494 e. The minimum Gasteiger partial charge on any atom is -0.399 e. The number of hydrogen-bond acceptors (Lipinski definition) is 4. The third kappa shape index (κ3) is 2.81. The molecule has 2 fully saturated rings. The molecule has 1 aromatic carbocycles. The molecule has 0 bridgehead atoms. The number of carbonyl (C=O) groups excluding carboxylic acids is 2. The molecule has 1 unspecified atom stereocenters. The van der Waals surface area contributed by atoms with Crippen LogP contribution in [0.5, 0.6) is 0 Å². The highest BCUT2D eigenvalue weighted by atomic mass is 16.7. The first kappa shape index (κ1) is 16.2. The highest BCUT2D eigenvalue weighted by molar-refractivity contribution is 6.62. The number of benzene rings is 1. The summed E-state index contributed by atoms with van der Waals surface area (Å²) in [6, 6.07) is 5.65. The van der Waals surface area contributed by atoms with Gasteiger partial charge in [0.1, 0.15) is 6.29 Å². The van der Waals surface area contributed by atoms with Gasteiger partial charge in [-0.15, -0.1) is 0 Å². The normalized spacial score (nSPS) is 25.5. The van der Waals surface area contributed by atoms with Crippen LogP contribution < -0.4 is 10.8 Å². The SMILES string of the molecule is CC1(C)OB(c2ccc(C3CNC(=O)C3)c(C=O)c2)OC1(C)C. The van der Waals surface area contributed by atoms with Crippen LogP contribution in [0.2, 0.25) is 0 Å². The van der Waals surface area contributed by atoms with Crippen LogP contribution in [0.1, 0.15) is 56.0 Å². The first-order chi connectivity index (χ1) is 10.7. The van der Waals surface area contributed by atoms with Gasteiger partial charge < -0.3 is 14.6 Å². The van der Waals surface area contributed by atoms with Crippen LogP contribution in [0.25, 0.3) is 0 Å². The summed E-state index contributed by atoms with van der Waals surface area (Å²) in [6.07, 6.45) is 1.27. The summed E-state index contributed by atoms with van der Waals surface area (Å²) in [5, 5.41) is 2.81. The monoisotopic (exact) mass is 315 g/mol. The molecular weight excluding hydrogens is 293 g/mol. The first-order valence-electron chi connectivity index (χ1n) is 7.95. The third-order valence-corrected chi connectivity index (χ3v) is 5.18. The molecule has 5 nitrogen and oxygen atoms in total. The van der Waals surface area contributed by atoms with E-state index >= 15 is 0 Å². The number of rotatable bonds is 3. The van der Waals surface area contributed by atoms with E-state index in [9.17, 15) is 9.59 Å². The lowest BCUT2D eigenvalue weighted by atomic mass is 9.77. The smallest absolute Gasteiger partial charge is 0.399 e. The highest BCUT2D eigenvalue weighted by Crippen LogP contribution is 2.36. The molecule has 23 heavy (non-hydrogen) atoms. The zero-order valence-corrected chi connectivity index (χ0v) is 14.0. The summed E-state index contributed by atoms with van der Waals surface area (Å²) < 4.78 is 12.1. The van der Waals surface area contributed by atoms with E-state index in [4.69, 9.17) is 9.31 Å². The van der Waals surface area contributed by atoms with Crippen LogP contribution in [0.3, 0.4) is 0 Å². The Hall–Kier alpha value is -1.66. The molecule has 0 aliphatic carbocycles. The van der Waals surface area contributed by atoms with Gasteiger partial charge in [0.2, 0.25) is 5.91 Å². The van der Waals surface area contributed by atoms with Gasteiger partial charge in [-0.3, -0.25) is 9.59 Å². The zero-order valence-electron chi connectivity index (χ0n) is 14.0. The number of hydrogen-bond donors (Lipinski definition) is 1. The van der Waals surface area contributed by atoms with Crippen LogP contribution in [-0.2, 0) is 14.1 Å². The number of aldehydes is 1. The predicted octanol–water partition coefficient (Wildman–Crippen LogP) is 1.40. The molecule has 1 amide bonds. The molecule has 0 spiro atoms. The molecule has 3 rings (SSSR count). The molecule has 1 atom stereocenters. The van der Waals surface area contributed by atoms with E-state index in [1.165, 1.54) is 0 Å². The summed E-state index contributed by atoms with van der Waals surface area (Å²) >= 11 is 0. The summed E-state index contributed by atoms with van der Waals surface area (Å²) in [5.74, 6) is 0.0805. The maximum atomic E-state index is 11.5. The minimum absolute atomic E-state index is 0.0295. The molecule has 1 aromatic rings. The Morgan fingerprint density at radius 3 is 2.39 bits per heavy atom. The van der Waals surface area contributed by atoms with E-state index in [2.05, 4.69) is 5.32 Å². The van der Waals surface area contributed by atoms with E-state index in [1.54, 1.807) is 0 Å². The molecule has 122 valence electrons. The van der Waals surface area contributed by atoms with Crippen molar-refractivity contribution in [1.82, 2.24) is 5.32 Å². The van der Waals surface area contributed by atoms with Crippen molar-refractivity contribution in [2.45, 2.75) is 51.2 Å². The second-order valence-corrected chi connectivity index (χ2v) is 7.30. The molecule has 0 radical (unpaired) electrons. The Kier molecular flexibility index (Phi) is 3.85. The van der Waals surface area contributed by atoms with Gasteiger partial charge in [-0.05, 0) is 38.7 Å². The summed E-state index contributed by atoms with van der Waals surface area (Å²) in [5.41, 5.74) is 1.49. The molecule has 1 N–H and O–H groups in total. The average molecular weight is 315 g/mol. The maximum Gasteiger partial charge on any atom is 0.494 e. The zero-order chi connectivity index (χ0) is 16.8. The number of nitrogens with one attached hydrogen (secondary N) is 1. The molecular formula is C17H22BNO4. The number of amides is 1. The predicted molar refractivity (Wildman–Crippen MR) is 87.9 cm³/mol. The second-order valence-electron chi connectivity index (χ2n) is 7.30. The van der Waals surface area contributed by atoms with Gasteiger partial charge in [0, 0.05) is 24.4 Å². The standard InChI is InChI=1S/C17H22BNO4/c1-16(2)17(3,4)23-18(22-16)13-5-6-14(12(7-13)10-20)11-8-15(21)19-9-11/h5-7,10-11H,8-9H2,1-4H3,(H,19,21). The van der Waals surface area contributed by atoms with Gasteiger partial charge >= 0.3 is 7.12 Å². The van der Waals surface area contributed by atoms with Gasteiger partial charge in [-0.1, -0.05) is 18.2 Å². The van der Waals surface area contributed by atoms with Gasteiger partial charge in [0.15, 0.2) is 0 Å². The van der Waals surface area contributed by atoms with Gasteiger partial charge in [0.05, 0.1) is 11.2 Å². The summed E-state index contributed by atoms with van der Waals surface area (Å²) in [6.45, 7) is 8.57. The van der Waals surface area contributed by atoms with Crippen molar-refractivity contribution in [1.29, 1.82) is 0 Å². The first-order valence-corrected chi connectivity index (χ1v) is 7.95. The molecule has 0 saturated carbocycles. The van der Waals surface area contributed by atoms with Crippen molar-refractivity contribution >= 4 is 24.8 Å². The summed E-state index contributed by atoms with van der Waals surface area (Å²) in [4.78, 5) is 22.9. The molecule has 2 aliphatic heterocycles. The van der Waals surface area contributed by atoms with E-state index in [0.29, 0.717) is 18.5 Å². The molecule has 2 saturated heterocycles. The lowest BCUT2D eigenvalue weighted by Crippen LogP contribution is -2.41. The van der Waals surface area contributed by atoms with Crippen LogP contribution in [0, 0.1) is 0 Å². The fraction of sp³-hybridized carbons (Fsp3) is 0.529. The van der Waals surface area contributed by atoms with E-state index < -0.39 is 18.3 Å². The fourth-order valence-corrected chi connectivity index (χ4v) is 3.02. The Balaban J connectivity index is 1.88. The topological polar surface area (TPSA) is 64.6 Å². The molecule has 0 aromatic heterocycles. The van der Waals surface area contributed by atoms with Crippen LogP contribution in [0.4, 0.5) is 0 Å². The lowest BCUT2D eigenvalue weighted by Gasteiger charge is -2.32. The molecule has 2 aliphatic rings. The van der Waals surface area contributed by atoms with Crippen molar-refractivity contribution in [2.24, 2.45) is 0 Å². The van der Waals surface area contributed by atoms with Crippen LogP contribution in [0.15, 0.2) is 18.2 Å². The Bertz CT molecular complexity index is 640. The maximum absolute atomic E-state index is 11.5. The Morgan fingerprint density at radius 2 is 1.87 bits per heavy atom. The second kappa shape index (κ2) is 5.46. The van der Waals surface area contributed by atoms with Crippen molar-refractivity contribution < 1.29 is 18.9 Å². The Morgan fingerprint density at radius 1 is 1.22 bits per heavy atom. The van der Waals surface area contributed by atoms with Crippen molar-refractivity contribution in [3.8, 4) is 0 Å². The van der Waals surface area contributed by atoms with E-state index in [-0.39, 0.29) is 11.8 Å². The van der Waals surface area contributed by atoms with Crippen LogP contribution in [-0.4, -0.2) is 37.1 Å². The van der Waals surface area contributed by atoms with Crippen molar-refractivity contribution in [3.63, 3.8) is 0 Å². The van der Waals surface area contributed by atoms with Crippen LogP contribution >= 0.6 is 0 Å². The van der Waals surface area contributed by atoms with Gasteiger partial charge in [0.25, 0.3) is 0 Å². The highest BCUT2D eigenvalue weighted by Gasteiger charge is 2.51. The quantitative estimate of drug-likeness (QED) is 0.676. The van der Waals surface area contributed by atoms with Crippen molar-refractivity contribution in [3.05, 3.63) is 29.3 Å². The third-order valence-electron chi connectivity index (χ3n) is 5.18. The molecule has 6 heteroatoms. The van der Waals surface area contributed by atoms with E-state index in [1.807, 2.05) is 45.9 Å². The number of carbonyl (C=O) groups is 2. The van der Waals surface area contributed by atoms with Gasteiger partial charge in [-0.25, -0.2) is 0 Å². The minimum atomic E-state index is -0.490. The van der Waals surface area contributed by atoms with Gasteiger partial charge in [-0.2, -0.15) is 0 Å². The van der Waals surface area contributed by atoms with E-state index in [0.717, 1.165) is 17.3 Å². The lowest BCUT2D eigenvalue weighted by molar-refractivity contribution is -0.119. The fourth-order valence-electron chi connectivity index (χ4n) is 3.02. The molecule has 2 heterocycles. The average Bonchev–Trinajstić information content (AvgIpc) is 2.99. The summed E-state index contributed by atoms with van der Waals surface area (Å²) in [7, 11) is -0.490.